The number of aromatic nitrogens is 1. The molecule has 0 unspecified atom stereocenters. The predicted octanol–water partition coefficient (Wildman–Crippen LogP) is 1.65. The molecule has 9 heteroatoms. The predicted molar refractivity (Wildman–Crippen MR) is 97.3 cm³/mol. The van der Waals surface area contributed by atoms with Crippen molar-refractivity contribution in [3.8, 4) is 11.5 Å². The highest BCUT2D eigenvalue weighted by molar-refractivity contribution is 7.89. The molecule has 1 fully saturated rings. The van der Waals surface area contributed by atoms with Gasteiger partial charge >= 0.3 is 0 Å². The number of nitrogens with zero attached hydrogens (tertiary/aromatic N) is 3. The average molecular weight is 393 g/mol. The first-order chi connectivity index (χ1) is 13.0. The minimum absolute atomic E-state index is 0.242. The molecule has 2 aliphatic heterocycles. The SMILES string of the molecule is Cc1ncc(CN2CCCN(S(=O)(=O)c3ccc4c(c3)OCCO4)CC2)o1. The molecule has 146 valence electrons. The lowest BCUT2D eigenvalue weighted by atomic mass is 10.3. The molecule has 0 atom stereocenters. The van der Waals surface area contributed by atoms with E-state index in [4.69, 9.17) is 13.9 Å². The van der Waals surface area contributed by atoms with Gasteiger partial charge < -0.3 is 13.9 Å². The Balaban J connectivity index is 1.46. The topological polar surface area (TPSA) is 85.1 Å². The van der Waals surface area contributed by atoms with Crippen LogP contribution in [0.15, 0.2) is 33.7 Å². The maximum Gasteiger partial charge on any atom is 0.243 e. The van der Waals surface area contributed by atoms with Crippen molar-refractivity contribution < 1.29 is 22.3 Å². The van der Waals surface area contributed by atoms with E-state index in [1.165, 1.54) is 0 Å². The van der Waals surface area contributed by atoms with Gasteiger partial charge in [0.2, 0.25) is 10.0 Å². The summed E-state index contributed by atoms with van der Waals surface area (Å²) >= 11 is 0. The molecule has 8 nitrogen and oxygen atoms in total. The highest BCUT2D eigenvalue weighted by Gasteiger charge is 2.28. The Hall–Kier alpha value is -2.10. The molecule has 3 heterocycles. The van der Waals surface area contributed by atoms with Gasteiger partial charge in [0, 0.05) is 32.6 Å². The van der Waals surface area contributed by atoms with Gasteiger partial charge in [-0.05, 0) is 25.1 Å². The molecule has 0 bridgehead atoms. The van der Waals surface area contributed by atoms with Crippen LogP contribution in [0.1, 0.15) is 18.1 Å². The Bertz CT molecular complexity index is 911. The molecule has 27 heavy (non-hydrogen) atoms. The average Bonchev–Trinajstić information content (AvgIpc) is 2.93. The Morgan fingerprint density at radius 1 is 1.07 bits per heavy atom. The molecule has 0 spiro atoms. The second-order valence-electron chi connectivity index (χ2n) is 6.68. The van der Waals surface area contributed by atoms with Gasteiger partial charge in [-0.2, -0.15) is 4.31 Å². The molecule has 0 amide bonds. The van der Waals surface area contributed by atoms with Crippen LogP contribution in [0.25, 0.3) is 0 Å². The normalized spacial score (nSPS) is 19.0. The standard InChI is InChI=1S/C18H23N3O5S/c1-14-19-12-15(26-14)13-20-5-2-6-21(8-7-20)27(22,23)16-3-4-17-18(11-16)25-10-9-24-17/h3-4,11-12H,2,5-10,13H2,1H3. The van der Waals surface area contributed by atoms with Gasteiger partial charge in [-0.1, -0.05) is 0 Å². The van der Waals surface area contributed by atoms with E-state index in [1.54, 1.807) is 28.7 Å². The number of fused-ring (bicyclic) bond motifs is 1. The Kier molecular flexibility index (Phi) is 5.07. The molecule has 1 aromatic carbocycles. The van der Waals surface area contributed by atoms with Gasteiger partial charge in [-0.3, -0.25) is 4.90 Å². The first-order valence-corrected chi connectivity index (χ1v) is 10.5. The minimum Gasteiger partial charge on any atom is -0.486 e. The number of hydrogen-bond donors (Lipinski definition) is 0. The Morgan fingerprint density at radius 2 is 1.89 bits per heavy atom. The summed E-state index contributed by atoms with van der Waals surface area (Å²) in [6.45, 7) is 5.73. The summed E-state index contributed by atoms with van der Waals surface area (Å²) < 4.78 is 44.2. The summed E-state index contributed by atoms with van der Waals surface area (Å²) in [6, 6.07) is 4.81. The van der Waals surface area contributed by atoms with E-state index in [0.29, 0.717) is 56.8 Å². The lowest BCUT2D eigenvalue weighted by Crippen LogP contribution is -2.35. The van der Waals surface area contributed by atoms with Crippen molar-refractivity contribution in [1.82, 2.24) is 14.2 Å². The Labute approximate surface area is 158 Å². The molecule has 1 saturated heterocycles. The van der Waals surface area contributed by atoms with Crippen LogP contribution in [0.3, 0.4) is 0 Å². The summed E-state index contributed by atoms with van der Waals surface area (Å²) in [7, 11) is -3.58. The lowest BCUT2D eigenvalue weighted by Gasteiger charge is -2.23. The van der Waals surface area contributed by atoms with Crippen LogP contribution in [0.4, 0.5) is 0 Å². The van der Waals surface area contributed by atoms with Gasteiger partial charge in [0.25, 0.3) is 0 Å². The van der Waals surface area contributed by atoms with E-state index in [1.807, 2.05) is 6.92 Å². The second kappa shape index (κ2) is 7.49. The molecule has 0 radical (unpaired) electrons. The van der Waals surface area contributed by atoms with Crippen molar-refractivity contribution in [1.29, 1.82) is 0 Å². The van der Waals surface area contributed by atoms with Crippen LogP contribution in [0.2, 0.25) is 0 Å². The molecule has 4 rings (SSSR count). The third-order valence-corrected chi connectivity index (χ3v) is 6.64. The van der Waals surface area contributed by atoms with E-state index < -0.39 is 10.0 Å². The molecule has 0 saturated carbocycles. The number of oxazole rings is 1. The van der Waals surface area contributed by atoms with E-state index in [2.05, 4.69) is 9.88 Å². The molecule has 1 aromatic heterocycles. The fourth-order valence-corrected chi connectivity index (χ4v) is 4.86. The van der Waals surface area contributed by atoms with Crippen molar-refractivity contribution in [2.75, 3.05) is 39.4 Å². The molecule has 0 N–H and O–H groups in total. The van der Waals surface area contributed by atoms with E-state index in [0.717, 1.165) is 18.7 Å². The monoisotopic (exact) mass is 393 g/mol. The third kappa shape index (κ3) is 3.95. The van der Waals surface area contributed by atoms with Gasteiger partial charge in [-0.25, -0.2) is 13.4 Å². The van der Waals surface area contributed by atoms with Crippen molar-refractivity contribution in [2.24, 2.45) is 0 Å². The quantitative estimate of drug-likeness (QED) is 0.781. The fourth-order valence-electron chi connectivity index (χ4n) is 3.38. The first kappa shape index (κ1) is 18.3. The number of aryl methyl sites for hydroxylation is 1. The van der Waals surface area contributed by atoms with Gasteiger partial charge in [0.1, 0.15) is 19.0 Å². The minimum atomic E-state index is -3.58. The summed E-state index contributed by atoms with van der Waals surface area (Å²) in [4.78, 5) is 6.55. The summed E-state index contributed by atoms with van der Waals surface area (Å²) in [5.41, 5.74) is 0. The molecular formula is C18H23N3O5S. The number of hydrogen-bond acceptors (Lipinski definition) is 7. The van der Waals surface area contributed by atoms with Gasteiger partial charge in [0.15, 0.2) is 17.4 Å². The zero-order chi connectivity index (χ0) is 18.9. The zero-order valence-corrected chi connectivity index (χ0v) is 16.1. The van der Waals surface area contributed by atoms with E-state index >= 15 is 0 Å². The largest absolute Gasteiger partial charge is 0.486 e. The van der Waals surface area contributed by atoms with Crippen molar-refractivity contribution in [3.05, 3.63) is 36.0 Å². The fraction of sp³-hybridized carbons (Fsp3) is 0.500. The lowest BCUT2D eigenvalue weighted by molar-refractivity contribution is 0.171. The third-order valence-electron chi connectivity index (χ3n) is 4.75. The Morgan fingerprint density at radius 3 is 2.67 bits per heavy atom. The summed E-state index contributed by atoms with van der Waals surface area (Å²) in [5, 5.41) is 0. The van der Waals surface area contributed by atoms with Gasteiger partial charge in [-0.15, -0.1) is 0 Å². The maximum atomic E-state index is 13.1. The van der Waals surface area contributed by atoms with Crippen LogP contribution in [-0.4, -0.2) is 62.0 Å². The highest BCUT2D eigenvalue weighted by atomic mass is 32.2. The molecule has 0 aliphatic carbocycles. The smallest absolute Gasteiger partial charge is 0.243 e. The van der Waals surface area contributed by atoms with Crippen LogP contribution < -0.4 is 9.47 Å². The highest BCUT2D eigenvalue weighted by Crippen LogP contribution is 2.33. The number of benzene rings is 1. The van der Waals surface area contributed by atoms with Crippen LogP contribution >= 0.6 is 0 Å². The maximum absolute atomic E-state index is 13.1. The zero-order valence-electron chi connectivity index (χ0n) is 15.3. The summed E-state index contributed by atoms with van der Waals surface area (Å²) in [5.74, 6) is 2.52. The van der Waals surface area contributed by atoms with Crippen molar-refractivity contribution >= 4 is 10.0 Å². The second-order valence-corrected chi connectivity index (χ2v) is 8.62. The van der Waals surface area contributed by atoms with Crippen molar-refractivity contribution in [3.63, 3.8) is 0 Å². The van der Waals surface area contributed by atoms with Crippen LogP contribution in [0, 0.1) is 6.92 Å². The number of sulfonamides is 1. The number of rotatable bonds is 4. The van der Waals surface area contributed by atoms with Gasteiger partial charge in [0.05, 0.1) is 17.6 Å². The molecular weight excluding hydrogens is 370 g/mol. The summed E-state index contributed by atoms with van der Waals surface area (Å²) in [6.07, 6.45) is 2.49. The first-order valence-electron chi connectivity index (χ1n) is 9.06. The molecule has 2 aromatic rings. The van der Waals surface area contributed by atoms with Crippen molar-refractivity contribution in [2.45, 2.75) is 24.8 Å². The van der Waals surface area contributed by atoms with Crippen LogP contribution in [0.5, 0.6) is 11.5 Å². The van der Waals surface area contributed by atoms with Crippen LogP contribution in [-0.2, 0) is 16.6 Å². The van der Waals surface area contributed by atoms with E-state index in [-0.39, 0.29) is 4.90 Å². The number of ether oxygens (including phenoxy) is 2. The van der Waals surface area contributed by atoms with E-state index in [9.17, 15) is 8.42 Å². The molecule has 2 aliphatic rings.